The number of carbonyl (C=O) groups is 1. The highest BCUT2D eigenvalue weighted by atomic mass is 16.4. The van der Waals surface area contributed by atoms with Gasteiger partial charge in [0.1, 0.15) is 5.82 Å². The number of aliphatic hydroxyl groups excluding tert-OH is 1. The Kier molecular flexibility index (Phi) is 4.95. The molecule has 0 atom stereocenters. The first kappa shape index (κ1) is 14.8. The van der Waals surface area contributed by atoms with E-state index in [1.54, 1.807) is 12.1 Å². The molecule has 0 unspecified atom stereocenters. The van der Waals surface area contributed by atoms with Gasteiger partial charge in [0.05, 0.1) is 11.7 Å². The fourth-order valence-electron chi connectivity index (χ4n) is 2.58. The van der Waals surface area contributed by atoms with Crippen molar-refractivity contribution in [1.82, 2.24) is 4.98 Å². The summed E-state index contributed by atoms with van der Waals surface area (Å²) in [6, 6.07) is 3.20. The molecule has 0 radical (unpaired) electrons. The number of hydrogen-bond acceptors (Lipinski definition) is 4. The molecular formula is C15H22N2O3. The summed E-state index contributed by atoms with van der Waals surface area (Å²) in [5, 5.41) is 21.8. The molecule has 1 aromatic rings. The Bertz CT molecular complexity index is 468. The number of aromatic nitrogens is 1. The van der Waals surface area contributed by atoms with Crippen molar-refractivity contribution in [2.75, 3.05) is 11.9 Å². The zero-order chi connectivity index (χ0) is 14.5. The number of rotatable bonds is 5. The minimum Gasteiger partial charge on any atom is -0.478 e. The maximum atomic E-state index is 11.1. The Hall–Kier alpha value is -1.62. The van der Waals surface area contributed by atoms with Crippen LogP contribution in [0.5, 0.6) is 0 Å². The molecule has 0 amide bonds. The molecular weight excluding hydrogens is 256 g/mol. The van der Waals surface area contributed by atoms with Gasteiger partial charge in [0.15, 0.2) is 0 Å². The molecule has 20 heavy (non-hydrogen) atoms. The largest absolute Gasteiger partial charge is 0.478 e. The van der Waals surface area contributed by atoms with E-state index in [1.807, 2.05) is 6.92 Å². The van der Waals surface area contributed by atoms with Crippen LogP contribution in [0, 0.1) is 5.92 Å². The normalized spacial score (nSPS) is 22.5. The summed E-state index contributed by atoms with van der Waals surface area (Å²) >= 11 is 0. The summed E-state index contributed by atoms with van der Waals surface area (Å²) < 4.78 is 0. The lowest BCUT2D eigenvalue weighted by Gasteiger charge is -2.25. The second kappa shape index (κ2) is 6.70. The second-order valence-corrected chi connectivity index (χ2v) is 5.45. The fourth-order valence-corrected chi connectivity index (χ4v) is 2.58. The summed E-state index contributed by atoms with van der Waals surface area (Å²) in [6.07, 6.45) is 4.29. The minimum atomic E-state index is -0.925. The average molecular weight is 278 g/mol. The molecule has 1 aromatic heterocycles. The number of anilines is 1. The lowest BCUT2D eigenvalue weighted by Crippen LogP contribution is -2.24. The molecule has 0 aromatic carbocycles. The van der Waals surface area contributed by atoms with E-state index in [1.165, 1.54) is 0 Å². The van der Waals surface area contributed by atoms with Crippen molar-refractivity contribution in [3.05, 3.63) is 23.4 Å². The third-order valence-electron chi connectivity index (χ3n) is 3.88. The van der Waals surface area contributed by atoms with Gasteiger partial charge >= 0.3 is 5.97 Å². The molecule has 5 heteroatoms. The molecule has 1 fully saturated rings. The van der Waals surface area contributed by atoms with Gasteiger partial charge in [-0.25, -0.2) is 9.78 Å². The first-order chi connectivity index (χ1) is 9.58. The molecule has 1 aliphatic rings. The Morgan fingerprint density at radius 3 is 2.65 bits per heavy atom. The lowest BCUT2D eigenvalue weighted by atomic mass is 9.87. The van der Waals surface area contributed by atoms with Crippen molar-refractivity contribution in [2.45, 2.75) is 45.1 Å². The van der Waals surface area contributed by atoms with E-state index in [0.717, 1.165) is 37.9 Å². The number of aliphatic hydroxyl groups is 1. The highest BCUT2D eigenvalue weighted by Crippen LogP contribution is 2.24. The van der Waals surface area contributed by atoms with Crippen LogP contribution in [-0.2, 0) is 6.42 Å². The highest BCUT2D eigenvalue weighted by Gasteiger charge is 2.19. The van der Waals surface area contributed by atoms with Crippen LogP contribution >= 0.6 is 0 Å². The minimum absolute atomic E-state index is 0.147. The summed E-state index contributed by atoms with van der Waals surface area (Å²) in [6.45, 7) is 2.74. The summed E-state index contributed by atoms with van der Waals surface area (Å²) in [7, 11) is 0. The number of hydrogen-bond donors (Lipinski definition) is 3. The van der Waals surface area contributed by atoms with Gasteiger partial charge in [0, 0.05) is 12.2 Å². The van der Waals surface area contributed by atoms with Gasteiger partial charge in [-0.05, 0) is 50.2 Å². The van der Waals surface area contributed by atoms with Crippen LogP contribution in [-0.4, -0.2) is 33.8 Å². The van der Waals surface area contributed by atoms with Gasteiger partial charge in [-0.1, -0.05) is 6.92 Å². The molecule has 0 saturated heterocycles. The van der Waals surface area contributed by atoms with E-state index in [4.69, 9.17) is 5.11 Å². The number of carboxylic acids is 1. The first-order valence-corrected chi connectivity index (χ1v) is 7.24. The maximum Gasteiger partial charge on any atom is 0.335 e. The van der Waals surface area contributed by atoms with Crippen molar-refractivity contribution in [3.8, 4) is 0 Å². The van der Waals surface area contributed by atoms with Crippen molar-refractivity contribution in [2.24, 2.45) is 5.92 Å². The third-order valence-corrected chi connectivity index (χ3v) is 3.88. The number of pyridine rings is 1. The van der Waals surface area contributed by atoms with Crippen molar-refractivity contribution >= 4 is 11.8 Å². The number of nitrogens with zero attached hydrogens (tertiary/aromatic N) is 1. The summed E-state index contributed by atoms with van der Waals surface area (Å²) in [5.41, 5.74) is 1.06. The average Bonchev–Trinajstić information content (AvgIpc) is 2.46. The number of nitrogens with one attached hydrogen (secondary N) is 1. The topological polar surface area (TPSA) is 82.5 Å². The Labute approximate surface area is 119 Å². The highest BCUT2D eigenvalue weighted by molar-refractivity contribution is 5.88. The molecule has 110 valence electrons. The SMILES string of the molecule is CCc1cc(C(=O)O)cc(NCC2CCC(O)CC2)n1. The Morgan fingerprint density at radius 2 is 2.05 bits per heavy atom. The lowest BCUT2D eigenvalue weighted by molar-refractivity contribution is 0.0696. The molecule has 1 saturated carbocycles. The van der Waals surface area contributed by atoms with Crippen molar-refractivity contribution in [1.29, 1.82) is 0 Å². The fraction of sp³-hybridized carbons (Fsp3) is 0.600. The standard InChI is InChI=1S/C15H22N2O3/c1-2-12-7-11(15(19)20)8-14(17-12)16-9-10-3-5-13(18)6-4-10/h7-8,10,13,18H,2-6,9H2,1H3,(H,16,17)(H,19,20). The number of aromatic carboxylic acids is 1. The molecule has 1 aliphatic carbocycles. The van der Waals surface area contributed by atoms with E-state index >= 15 is 0 Å². The molecule has 3 N–H and O–H groups in total. The van der Waals surface area contributed by atoms with Crippen LogP contribution in [0.3, 0.4) is 0 Å². The van der Waals surface area contributed by atoms with E-state index in [0.29, 0.717) is 18.2 Å². The predicted octanol–water partition coefficient (Wildman–Crippen LogP) is 2.31. The van der Waals surface area contributed by atoms with Gasteiger partial charge in [0.25, 0.3) is 0 Å². The van der Waals surface area contributed by atoms with Crippen molar-refractivity contribution in [3.63, 3.8) is 0 Å². The summed E-state index contributed by atoms with van der Waals surface area (Å²) in [5.74, 6) is 0.234. The second-order valence-electron chi connectivity index (χ2n) is 5.45. The van der Waals surface area contributed by atoms with Crippen LogP contribution in [0.25, 0.3) is 0 Å². The van der Waals surface area contributed by atoms with Crippen LogP contribution in [0.2, 0.25) is 0 Å². The van der Waals surface area contributed by atoms with Crippen LogP contribution in [0.15, 0.2) is 12.1 Å². The molecule has 5 nitrogen and oxygen atoms in total. The van der Waals surface area contributed by atoms with Gasteiger partial charge in [-0.15, -0.1) is 0 Å². The zero-order valence-electron chi connectivity index (χ0n) is 11.8. The Balaban J connectivity index is 1.98. The quantitative estimate of drug-likeness (QED) is 0.770. The van der Waals surface area contributed by atoms with E-state index in [9.17, 15) is 9.90 Å². The summed E-state index contributed by atoms with van der Waals surface area (Å²) in [4.78, 5) is 15.5. The number of carboxylic acid groups (broad SMARTS) is 1. The molecule has 0 spiro atoms. The predicted molar refractivity (Wildman–Crippen MR) is 77.0 cm³/mol. The first-order valence-electron chi connectivity index (χ1n) is 7.24. The van der Waals surface area contributed by atoms with E-state index < -0.39 is 5.97 Å². The molecule has 2 rings (SSSR count). The third kappa shape index (κ3) is 3.93. The van der Waals surface area contributed by atoms with Crippen molar-refractivity contribution < 1.29 is 15.0 Å². The van der Waals surface area contributed by atoms with Crippen LogP contribution < -0.4 is 5.32 Å². The number of aryl methyl sites for hydroxylation is 1. The molecule has 0 bridgehead atoms. The van der Waals surface area contributed by atoms with Crippen LogP contribution in [0.4, 0.5) is 5.82 Å². The molecule has 1 heterocycles. The van der Waals surface area contributed by atoms with E-state index in [-0.39, 0.29) is 11.7 Å². The van der Waals surface area contributed by atoms with E-state index in [2.05, 4.69) is 10.3 Å². The van der Waals surface area contributed by atoms with Gasteiger partial charge in [-0.2, -0.15) is 0 Å². The van der Waals surface area contributed by atoms with Gasteiger partial charge < -0.3 is 15.5 Å². The monoisotopic (exact) mass is 278 g/mol. The van der Waals surface area contributed by atoms with Gasteiger partial charge in [0.2, 0.25) is 0 Å². The smallest absolute Gasteiger partial charge is 0.335 e. The molecule has 0 aliphatic heterocycles. The Morgan fingerprint density at radius 1 is 1.35 bits per heavy atom. The van der Waals surface area contributed by atoms with Gasteiger partial charge in [-0.3, -0.25) is 0 Å². The maximum absolute atomic E-state index is 11.1. The van der Waals surface area contributed by atoms with Crippen LogP contribution in [0.1, 0.15) is 48.7 Å². The zero-order valence-corrected chi connectivity index (χ0v) is 11.8.